The monoisotopic (exact) mass is 274 g/mol. The number of benzene rings is 1. The maximum atomic E-state index is 12.0. The molecule has 0 bridgehead atoms. The summed E-state index contributed by atoms with van der Waals surface area (Å²) in [5.41, 5.74) is 6.81. The average Bonchev–Trinajstić information content (AvgIpc) is 2.22. The molecule has 0 aliphatic heterocycles. The minimum atomic E-state index is -3.67. The van der Waals surface area contributed by atoms with Crippen LogP contribution in [0.2, 0.25) is 5.02 Å². The van der Waals surface area contributed by atoms with Crippen molar-refractivity contribution in [1.29, 1.82) is 0 Å². The lowest BCUT2D eigenvalue weighted by atomic mass is 10.2. The zero-order valence-corrected chi connectivity index (χ0v) is 11.3. The second-order valence-electron chi connectivity index (χ2n) is 3.78. The molecule has 1 atom stereocenters. The Hall–Kier alpha value is -1.04. The van der Waals surface area contributed by atoms with E-state index in [2.05, 4.69) is 11.3 Å². The van der Waals surface area contributed by atoms with Crippen molar-refractivity contribution in [1.82, 2.24) is 4.72 Å². The summed E-state index contributed by atoms with van der Waals surface area (Å²) in [4.78, 5) is -0.0176. The summed E-state index contributed by atoms with van der Waals surface area (Å²) in [5, 5.41) is 0.153. The molecule has 0 heterocycles. The average molecular weight is 275 g/mol. The zero-order valence-electron chi connectivity index (χ0n) is 9.70. The van der Waals surface area contributed by atoms with Crippen LogP contribution in [-0.2, 0) is 10.0 Å². The summed E-state index contributed by atoms with van der Waals surface area (Å²) >= 11 is 5.91. The molecule has 94 valence electrons. The van der Waals surface area contributed by atoms with Crippen LogP contribution in [-0.4, -0.2) is 14.5 Å². The molecule has 4 nitrogen and oxygen atoms in total. The van der Waals surface area contributed by atoms with Gasteiger partial charge in [0.15, 0.2) is 0 Å². The van der Waals surface area contributed by atoms with Gasteiger partial charge < -0.3 is 5.73 Å². The maximum absolute atomic E-state index is 12.0. The third kappa shape index (κ3) is 3.21. The highest BCUT2D eigenvalue weighted by atomic mass is 35.5. The lowest BCUT2D eigenvalue weighted by molar-refractivity contribution is 0.576. The fourth-order valence-electron chi connectivity index (χ4n) is 1.23. The van der Waals surface area contributed by atoms with Gasteiger partial charge in [0.1, 0.15) is 4.90 Å². The molecule has 3 N–H and O–H groups in total. The predicted octanol–water partition coefficient (Wildman–Crippen LogP) is 2.08. The molecule has 1 unspecified atom stereocenters. The Morgan fingerprint density at radius 2 is 2.12 bits per heavy atom. The number of nitrogens with two attached hydrogens (primary N) is 1. The van der Waals surface area contributed by atoms with E-state index in [9.17, 15) is 8.42 Å². The summed E-state index contributed by atoms with van der Waals surface area (Å²) in [5.74, 6) is 0. The molecule has 6 heteroatoms. The van der Waals surface area contributed by atoms with Crippen LogP contribution in [0.3, 0.4) is 0 Å². The molecule has 0 fully saturated rings. The summed E-state index contributed by atoms with van der Waals surface area (Å²) in [6.07, 6.45) is 1.49. The topological polar surface area (TPSA) is 72.2 Å². The zero-order chi connectivity index (χ0) is 13.2. The Kier molecular flexibility index (Phi) is 4.19. The van der Waals surface area contributed by atoms with Crippen molar-refractivity contribution in [3.63, 3.8) is 0 Å². The highest BCUT2D eigenvalue weighted by Crippen LogP contribution is 2.26. The van der Waals surface area contributed by atoms with Crippen LogP contribution in [0.15, 0.2) is 29.7 Å². The van der Waals surface area contributed by atoms with Gasteiger partial charge in [-0.05, 0) is 31.5 Å². The van der Waals surface area contributed by atoms with Gasteiger partial charge in [-0.15, -0.1) is 6.58 Å². The van der Waals surface area contributed by atoms with Crippen LogP contribution >= 0.6 is 11.6 Å². The summed E-state index contributed by atoms with van der Waals surface area (Å²) < 4.78 is 26.4. The normalized spacial score (nSPS) is 13.4. The number of sulfonamides is 1. The van der Waals surface area contributed by atoms with Crippen molar-refractivity contribution in [2.75, 3.05) is 5.73 Å². The molecular weight excluding hydrogens is 260 g/mol. The molecule has 0 aliphatic rings. The second-order valence-corrected chi connectivity index (χ2v) is 5.87. The fraction of sp³-hybridized carbons (Fsp3) is 0.273. The van der Waals surface area contributed by atoms with Gasteiger partial charge in [-0.1, -0.05) is 17.7 Å². The van der Waals surface area contributed by atoms with Crippen LogP contribution in [0.25, 0.3) is 0 Å². The third-order valence-electron chi connectivity index (χ3n) is 2.30. The number of hydrogen-bond donors (Lipinski definition) is 2. The third-order valence-corrected chi connectivity index (χ3v) is 4.33. The molecule has 0 aromatic heterocycles. The van der Waals surface area contributed by atoms with Crippen LogP contribution in [0, 0.1) is 6.92 Å². The molecule has 0 amide bonds. The van der Waals surface area contributed by atoms with Crippen molar-refractivity contribution in [2.24, 2.45) is 0 Å². The van der Waals surface area contributed by atoms with Gasteiger partial charge in [0, 0.05) is 11.7 Å². The number of nitrogens with one attached hydrogen (secondary N) is 1. The van der Waals surface area contributed by atoms with Crippen LogP contribution in [0.1, 0.15) is 12.5 Å². The predicted molar refractivity (Wildman–Crippen MR) is 70.6 cm³/mol. The van der Waals surface area contributed by atoms with E-state index in [1.165, 1.54) is 18.2 Å². The molecule has 17 heavy (non-hydrogen) atoms. The first kappa shape index (κ1) is 14.0. The lowest BCUT2D eigenvalue weighted by Crippen LogP contribution is -2.31. The maximum Gasteiger partial charge on any atom is 0.242 e. The van der Waals surface area contributed by atoms with Gasteiger partial charge in [0.25, 0.3) is 0 Å². The Balaban J connectivity index is 3.24. The van der Waals surface area contributed by atoms with Crippen LogP contribution in [0.4, 0.5) is 5.69 Å². The van der Waals surface area contributed by atoms with Gasteiger partial charge in [-0.2, -0.15) is 0 Å². The second kappa shape index (κ2) is 5.08. The number of rotatable bonds is 4. The van der Waals surface area contributed by atoms with E-state index in [-0.39, 0.29) is 16.0 Å². The Morgan fingerprint density at radius 1 is 1.53 bits per heavy atom. The summed E-state index contributed by atoms with van der Waals surface area (Å²) in [6.45, 7) is 6.95. The first-order valence-corrected chi connectivity index (χ1v) is 6.84. The van der Waals surface area contributed by atoms with Gasteiger partial charge in [0.05, 0.1) is 5.02 Å². The van der Waals surface area contributed by atoms with E-state index < -0.39 is 10.0 Å². The van der Waals surface area contributed by atoms with E-state index in [1.807, 2.05) is 0 Å². The highest BCUT2D eigenvalue weighted by Gasteiger charge is 2.20. The van der Waals surface area contributed by atoms with Gasteiger partial charge >= 0.3 is 0 Å². The van der Waals surface area contributed by atoms with E-state index in [1.54, 1.807) is 13.8 Å². The van der Waals surface area contributed by atoms with Crippen molar-refractivity contribution in [3.8, 4) is 0 Å². The molecule has 1 rings (SSSR count). The lowest BCUT2D eigenvalue weighted by Gasteiger charge is -2.13. The standard InChI is InChI=1S/C11H15ClN2O2S/c1-4-8(3)14-17(15,16)11-6-10(13)7(2)5-9(11)12/h4-6,8,14H,1,13H2,2-3H3. The van der Waals surface area contributed by atoms with Gasteiger partial charge in [-0.25, -0.2) is 13.1 Å². The molecule has 1 aromatic carbocycles. The molecular formula is C11H15ClN2O2S. The number of halogens is 1. The van der Waals surface area contributed by atoms with Gasteiger partial charge in [0.2, 0.25) is 10.0 Å². The molecule has 0 aliphatic carbocycles. The van der Waals surface area contributed by atoms with Crippen LogP contribution < -0.4 is 10.5 Å². The SMILES string of the molecule is C=CC(C)NS(=O)(=O)c1cc(N)c(C)cc1Cl. The minimum Gasteiger partial charge on any atom is -0.398 e. The largest absolute Gasteiger partial charge is 0.398 e. The number of nitrogen functional groups attached to an aromatic ring is 1. The van der Waals surface area contributed by atoms with Crippen molar-refractivity contribution < 1.29 is 8.42 Å². The molecule has 0 saturated carbocycles. The molecule has 1 aromatic rings. The van der Waals surface area contributed by atoms with Crippen molar-refractivity contribution in [2.45, 2.75) is 24.8 Å². The highest BCUT2D eigenvalue weighted by molar-refractivity contribution is 7.89. The smallest absolute Gasteiger partial charge is 0.242 e. The quantitative estimate of drug-likeness (QED) is 0.652. The Bertz CT molecular complexity index is 541. The van der Waals surface area contributed by atoms with Gasteiger partial charge in [-0.3, -0.25) is 0 Å². The van der Waals surface area contributed by atoms with E-state index in [0.29, 0.717) is 5.69 Å². The number of aryl methyl sites for hydroxylation is 1. The summed E-state index contributed by atoms with van der Waals surface area (Å²) in [7, 11) is -3.67. The van der Waals surface area contributed by atoms with Crippen LogP contribution in [0.5, 0.6) is 0 Å². The molecule has 0 saturated heterocycles. The van der Waals surface area contributed by atoms with E-state index >= 15 is 0 Å². The number of anilines is 1. The van der Waals surface area contributed by atoms with E-state index in [4.69, 9.17) is 17.3 Å². The number of hydrogen-bond acceptors (Lipinski definition) is 3. The first-order chi connectivity index (χ1) is 7.77. The van der Waals surface area contributed by atoms with Crippen molar-refractivity contribution in [3.05, 3.63) is 35.4 Å². The molecule has 0 spiro atoms. The van der Waals surface area contributed by atoms with E-state index in [0.717, 1.165) is 5.56 Å². The first-order valence-electron chi connectivity index (χ1n) is 4.98. The fourth-order valence-corrected chi connectivity index (χ4v) is 3.06. The van der Waals surface area contributed by atoms with Crippen molar-refractivity contribution >= 4 is 27.3 Å². The molecule has 0 radical (unpaired) electrons. The Labute approximate surface area is 107 Å². The summed E-state index contributed by atoms with van der Waals surface area (Å²) in [6, 6.07) is 2.51. The Morgan fingerprint density at radius 3 is 2.65 bits per heavy atom. The minimum absolute atomic E-state index is 0.0176.